The Morgan fingerprint density at radius 1 is 1.42 bits per heavy atom. The summed E-state index contributed by atoms with van der Waals surface area (Å²) in [7, 11) is 1.92. The summed E-state index contributed by atoms with van der Waals surface area (Å²) in [5.41, 5.74) is 3.10. The lowest BCUT2D eigenvalue weighted by Crippen LogP contribution is -2.09. The van der Waals surface area contributed by atoms with Crippen molar-refractivity contribution in [3.05, 3.63) is 50.7 Å². The number of aryl methyl sites for hydroxylation is 2. The molecule has 1 aromatic heterocycles. The molecule has 0 amide bonds. The van der Waals surface area contributed by atoms with Gasteiger partial charge in [-0.1, -0.05) is 39.7 Å². The van der Waals surface area contributed by atoms with Gasteiger partial charge >= 0.3 is 0 Å². The average Bonchev–Trinajstić information content (AvgIpc) is 2.61. The van der Waals surface area contributed by atoms with Crippen molar-refractivity contribution in [3.63, 3.8) is 0 Å². The van der Waals surface area contributed by atoms with E-state index in [2.05, 4.69) is 33.2 Å². The van der Waals surface area contributed by atoms with Crippen LogP contribution in [0.15, 0.2) is 28.7 Å². The third-order valence-electron chi connectivity index (χ3n) is 3.21. The predicted molar refractivity (Wildman–Crippen MR) is 84.3 cm³/mol. The van der Waals surface area contributed by atoms with E-state index >= 15 is 0 Å². The van der Waals surface area contributed by atoms with Gasteiger partial charge in [-0.15, -0.1) is 11.6 Å². The van der Waals surface area contributed by atoms with E-state index in [1.165, 1.54) is 5.56 Å². The predicted octanol–water partition coefficient (Wildman–Crippen LogP) is 4.71. The molecule has 0 aliphatic rings. The molecule has 5 heteroatoms. The molecule has 2 rings (SSSR count). The molecular formula is C14H15BrCl2N2. The molecular weight excluding hydrogens is 347 g/mol. The van der Waals surface area contributed by atoms with Gasteiger partial charge in [-0.25, -0.2) is 0 Å². The van der Waals surface area contributed by atoms with E-state index < -0.39 is 0 Å². The number of alkyl halides is 1. The van der Waals surface area contributed by atoms with Gasteiger partial charge in [-0.05, 0) is 31.0 Å². The lowest BCUT2D eigenvalue weighted by Gasteiger charge is -2.15. The Balaban J connectivity index is 2.29. The first-order valence-corrected chi connectivity index (χ1v) is 7.73. The SMILES string of the molecule is Cc1nn(C)c(CC(CCl)c2cccc(Br)c2)c1Cl. The molecule has 1 aromatic carbocycles. The zero-order valence-electron chi connectivity index (χ0n) is 10.8. The maximum absolute atomic E-state index is 6.30. The number of nitrogens with zero attached hydrogens (tertiary/aromatic N) is 2. The van der Waals surface area contributed by atoms with Crippen LogP contribution in [0.2, 0.25) is 5.02 Å². The Morgan fingerprint density at radius 2 is 2.16 bits per heavy atom. The second-order valence-corrected chi connectivity index (χ2v) is 6.18. The molecule has 2 nitrogen and oxygen atoms in total. The van der Waals surface area contributed by atoms with Crippen LogP contribution < -0.4 is 0 Å². The summed E-state index contributed by atoms with van der Waals surface area (Å²) in [6, 6.07) is 8.23. The zero-order chi connectivity index (χ0) is 14.0. The zero-order valence-corrected chi connectivity index (χ0v) is 13.9. The van der Waals surface area contributed by atoms with Crippen molar-refractivity contribution in [2.75, 3.05) is 5.88 Å². The van der Waals surface area contributed by atoms with Crippen LogP contribution in [0.3, 0.4) is 0 Å². The van der Waals surface area contributed by atoms with Crippen LogP contribution in [0.1, 0.15) is 22.9 Å². The fraction of sp³-hybridized carbons (Fsp3) is 0.357. The number of hydrogen-bond donors (Lipinski definition) is 0. The van der Waals surface area contributed by atoms with Crippen LogP contribution in [-0.2, 0) is 13.5 Å². The molecule has 0 bridgehead atoms. The first-order valence-electron chi connectivity index (χ1n) is 6.02. The van der Waals surface area contributed by atoms with Crippen molar-refractivity contribution in [1.82, 2.24) is 9.78 Å². The van der Waals surface area contributed by atoms with Gasteiger partial charge in [0, 0.05) is 23.3 Å². The molecule has 0 radical (unpaired) electrons. The summed E-state index contributed by atoms with van der Waals surface area (Å²) in [6.07, 6.45) is 0.788. The highest BCUT2D eigenvalue weighted by atomic mass is 79.9. The fourth-order valence-electron chi connectivity index (χ4n) is 2.16. The molecule has 0 aliphatic heterocycles. The summed E-state index contributed by atoms with van der Waals surface area (Å²) < 4.78 is 2.90. The first kappa shape index (κ1) is 14.9. The van der Waals surface area contributed by atoms with E-state index in [-0.39, 0.29) is 5.92 Å². The molecule has 0 aliphatic carbocycles. The minimum atomic E-state index is 0.228. The highest BCUT2D eigenvalue weighted by molar-refractivity contribution is 9.10. The van der Waals surface area contributed by atoms with Crippen molar-refractivity contribution in [3.8, 4) is 0 Å². The van der Waals surface area contributed by atoms with Crippen LogP contribution >= 0.6 is 39.1 Å². The van der Waals surface area contributed by atoms with Crippen molar-refractivity contribution in [2.45, 2.75) is 19.3 Å². The number of aromatic nitrogens is 2. The number of benzene rings is 1. The van der Waals surface area contributed by atoms with Gasteiger partial charge in [0.05, 0.1) is 16.4 Å². The Bertz CT molecular complexity index is 581. The minimum absolute atomic E-state index is 0.228. The second kappa shape index (κ2) is 6.29. The largest absolute Gasteiger partial charge is 0.271 e. The highest BCUT2D eigenvalue weighted by Crippen LogP contribution is 2.29. The topological polar surface area (TPSA) is 17.8 Å². The lowest BCUT2D eigenvalue weighted by molar-refractivity contribution is 0.657. The normalized spacial score (nSPS) is 12.7. The molecule has 2 aromatic rings. The molecule has 1 atom stereocenters. The standard InChI is InChI=1S/C14H15BrCl2N2/c1-9-14(17)13(19(2)18-9)7-11(8-16)10-4-3-5-12(15)6-10/h3-6,11H,7-8H2,1-2H3. The third-order valence-corrected chi connectivity index (χ3v) is 4.57. The van der Waals surface area contributed by atoms with Crippen molar-refractivity contribution in [1.29, 1.82) is 0 Å². The van der Waals surface area contributed by atoms with Gasteiger partial charge in [0.2, 0.25) is 0 Å². The van der Waals surface area contributed by atoms with E-state index in [4.69, 9.17) is 23.2 Å². The number of hydrogen-bond acceptors (Lipinski definition) is 1. The quantitative estimate of drug-likeness (QED) is 0.721. The van der Waals surface area contributed by atoms with Crippen molar-refractivity contribution >= 4 is 39.1 Å². The summed E-state index contributed by atoms with van der Waals surface area (Å²) in [4.78, 5) is 0. The van der Waals surface area contributed by atoms with Crippen molar-refractivity contribution in [2.24, 2.45) is 7.05 Å². The van der Waals surface area contributed by atoms with Crippen LogP contribution in [0.4, 0.5) is 0 Å². The van der Waals surface area contributed by atoms with E-state index in [9.17, 15) is 0 Å². The number of rotatable bonds is 4. The lowest BCUT2D eigenvalue weighted by atomic mass is 9.96. The summed E-state index contributed by atoms with van der Waals surface area (Å²) >= 11 is 15.9. The minimum Gasteiger partial charge on any atom is -0.271 e. The van der Waals surface area contributed by atoms with Gasteiger partial charge in [-0.2, -0.15) is 5.10 Å². The third kappa shape index (κ3) is 3.33. The molecule has 102 valence electrons. The highest BCUT2D eigenvalue weighted by Gasteiger charge is 2.18. The molecule has 0 spiro atoms. The molecule has 19 heavy (non-hydrogen) atoms. The van der Waals surface area contributed by atoms with E-state index in [0.717, 1.165) is 27.3 Å². The Labute approximate surface area is 131 Å². The Hall–Kier alpha value is -0.510. The van der Waals surface area contributed by atoms with E-state index in [1.54, 1.807) is 0 Å². The van der Waals surface area contributed by atoms with Crippen LogP contribution in [0, 0.1) is 6.92 Å². The van der Waals surface area contributed by atoms with Crippen LogP contribution in [-0.4, -0.2) is 15.7 Å². The summed E-state index contributed by atoms with van der Waals surface area (Å²) in [5.74, 6) is 0.781. The average molecular weight is 362 g/mol. The van der Waals surface area contributed by atoms with Gasteiger partial charge in [0.1, 0.15) is 0 Å². The smallest absolute Gasteiger partial charge is 0.0847 e. The molecule has 0 fully saturated rings. The van der Waals surface area contributed by atoms with Gasteiger partial charge in [0.15, 0.2) is 0 Å². The maximum atomic E-state index is 6.30. The Kier molecular flexibility index (Phi) is 4.93. The van der Waals surface area contributed by atoms with Crippen LogP contribution in [0.25, 0.3) is 0 Å². The Morgan fingerprint density at radius 3 is 2.68 bits per heavy atom. The first-order chi connectivity index (χ1) is 9.02. The number of halogens is 3. The van der Waals surface area contributed by atoms with E-state index in [1.807, 2.05) is 30.8 Å². The molecule has 0 saturated heterocycles. The molecule has 1 heterocycles. The molecule has 1 unspecified atom stereocenters. The van der Waals surface area contributed by atoms with Gasteiger partial charge < -0.3 is 0 Å². The second-order valence-electron chi connectivity index (χ2n) is 4.58. The maximum Gasteiger partial charge on any atom is 0.0847 e. The molecule has 0 N–H and O–H groups in total. The summed E-state index contributed by atoms with van der Waals surface area (Å²) in [5, 5.41) is 5.08. The van der Waals surface area contributed by atoms with Crippen molar-refractivity contribution < 1.29 is 0 Å². The van der Waals surface area contributed by atoms with Crippen LogP contribution in [0.5, 0.6) is 0 Å². The van der Waals surface area contributed by atoms with Gasteiger partial charge in [-0.3, -0.25) is 4.68 Å². The summed E-state index contributed by atoms with van der Waals surface area (Å²) in [6.45, 7) is 1.92. The fourth-order valence-corrected chi connectivity index (χ4v) is 3.10. The molecule has 0 saturated carbocycles. The monoisotopic (exact) mass is 360 g/mol. The van der Waals surface area contributed by atoms with E-state index in [0.29, 0.717) is 5.88 Å². The van der Waals surface area contributed by atoms with Gasteiger partial charge in [0.25, 0.3) is 0 Å².